The highest BCUT2D eigenvalue weighted by Crippen LogP contribution is 2.24. The number of fused-ring (bicyclic) bond motifs is 3. The number of aromatic nitrogens is 5. The van der Waals surface area contributed by atoms with Crippen LogP contribution in [-0.2, 0) is 7.05 Å². The van der Waals surface area contributed by atoms with Crippen molar-refractivity contribution in [1.29, 1.82) is 0 Å². The Hall–Kier alpha value is -3.62. The summed E-state index contributed by atoms with van der Waals surface area (Å²) in [6.45, 7) is 3.79. The van der Waals surface area contributed by atoms with Crippen LogP contribution >= 0.6 is 0 Å². The number of nitrogens with two attached hydrogens (primary N) is 1. The predicted octanol–water partition coefficient (Wildman–Crippen LogP) is 0.381. The van der Waals surface area contributed by atoms with Gasteiger partial charge in [-0.25, -0.2) is 4.79 Å². The van der Waals surface area contributed by atoms with Crippen LogP contribution in [0, 0.1) is 13.8 Å². The smallest absolute Gasteiger partial charge is 0.329 e. The summed E-state index contributed by atoms with van der Waals surface area (Å²) in [6.07, 6.45) is 0. The first-order valence-electron chi connectivity index (χ1n) is 7.91. The third kappa shape index (κ3) is 1.97. The number of amides is 1. The van der Waals surface area contributed by atoms with Crippen molar-refractivity contribution in [3.05, 3.63) is 62.1 Å². The molecule has 0 unspecified atom stereocenters. The van der Waals surface area contributed by atoms with Gasteiger partial charge in [-0.3, -0.25) is 28.1 Å². The number of H-pyrrole nitrogens is 1. The Morgan fingerprint density at radius 1 is 1.12 bits per heavy atom. The quantitative estimate of drug-likeness (QED) is 0.542. The Kier molecular flexibility index (Phi) is 3.17. The predicted molar refractivity (Wildman–Crippen MR) is 95.9 cm³/mol. The van der Waals surface area contributed by atoms with Crippen molar-refractivity contribution in [2.24, 2.45) is 12.8 Å². The lowest BCUT2D eigenvalue weighted by molar-refractivity contribution is 0.100. The number of carbonyl (C=O) groups excluding carboxylic acids is 1. The lowest BCUT2D eigenvalue weighted by Gasteiger charge is -2.07. The summed E-state index contributed by atoms with van der Waals surface area (Å²) >= 11 is 0. The van der Waals surface area contributed by atoms with Crippen LogP contribution < -0.4 is 17.0 Å². The minimum Gasteiger partial charge on any atom is -0.366 e. The topological polar surface area (TPSA) is 120 Å². The molecule has 1 amide bonds. The van der Waals surface area contributed by atoms with E-state index in [0.29, 0.717) is 22.5 Å². The van der Waals surface area contributed by atoms with Crippen molar-refractivity contribution in [1.82, 2.24) is 23.5 Å². The first kappa shape index (κ1) is 15.9. The molecule has 9 heteroatoms. The molecule has 4 rings (SSSR count). The van der Waals surface area contributed by atoms with Crippen molar-refractivity contribution in [2.75, 3.05) is 0 Å². The molecule has 0 aliphatic carbocycles. The van der Waals surface area contributed by atoms with Crippen molar-refractivity contribution < 1.29 is 4.79 Å². The maximum Gasteiger partial charge on any atom is 0.329 e. The number of imidazole rings is 2. The van der Waals surface area contributed by atoms with Gasteiger partial charge in [0.05, 0.1) is 0 Å². The summed E-state index contributed by atoms with van der Waals surface area (Å²) in [6, 6.07) is 6.78. The molecule has 0 saturated carbocycles. The van der Waals surface area contributed by atoms with Crippen LogP contribution in [0.3, 0.4) is 0 Å². The number of hydrogen-bond acceptors (Lipinski definition) is 4. The number of primary amides is 1. The fourth-order valence-corrected chi connectivity index (χ4v) is 3.20. The number of aryl methyl sites for hydroxylation is 2. The second-order valence-electron chi connectivity index (χ2n) is 6.16. The number of carbonyl (C=O) groups is 1. The molecule has 0 radical (unpaired) electrons. The van der Waals surface area contributed by atoms with Gasteiger partial charge in [0.15, 0.2) is 11.2 Å². The molecule has 0 aliphatic rings. The summed E-state index contributed by atoms with van der Waals surface area (Å²) in [5.74, 6) is 0.00344. The molecule has 0 spiro atoms. The van der Waals surface area contributed by atoms with Gasteiger partial charge in [0, 0.05) is 29.7 Å². The van der Waals surface area contributed by atoms with Gasteiger partial charge >= 0.3 is 5.69 Å². The zero-order chi connectivity index (χ0) is 18.7. The van der Waals surface area contributed by atoms with Gasteiger partial charge in [-0.2, -0.15) is 4.98 Å². The maximum atomic E-state index is 12.4. The van der Waals surface area contributed by atoms with Crippen LogP contribution in [0.2, 0.25) is 0 Å². The molecular formula is C17H16N6O3. The fourth-order valence-electron chi connectivity index (χ4n) is 3.20. The molecule has 0 saturated heterocycles. The van der Waals surface area contributed by atoms with E-state index in [1.165, 1.54) is 4.57 Å². The first-order valence-corrected chi connectivity index (χ1v) is 7.91. The van der Waals surface area contributed by atoms with E-state index in [4.69, 9.17) is 5.73 Å². The minimum absolute atomic E-state index is 0.305. The normalized spacial score (nSPS) is 11.5. The lowest BCUT2D eigenvalue weighted by Crippen LogP contribution is -2.28. The Bertz CT molecular complexity index is 1320. The summed E-state index contributed by atoms with van der Waals surface area (Å²) in [5.41, 5.74) is 7.78. The highest BCUT2D eigenvalue weighted by Gasteiger charge is 2.21. The number of nitrogens with one attached hydrogen (secondary N) is 1. The summed E-state index contributed by atoms with van der Waals surface area (Å²) in [5, 5.41) is 0. The Morgan fingerprint density at radius 3 is 2.38 bits per heavy atom. The third-order valence-electron chi connectivity index (χ3n) is 4.70. The molecule has 3 N–H and O–H groups in total. The van der Waals surface area contributed by atoms with Crippen LogP contribution in [0.15, 0.2) is 33.9 Å². The van der Waals surface area contributed by atoms with Gasteiger partial charge in [-0.05, 0) is 38.1 Å². The molecule has 26 heavy (non-hydrogen) atoms. The molecule has 132 valence electrons. The molecule has 0 aliphatic heterocycles. The molecule has 3 heterocycles. The van der Waals surface area contributed by atoms with Crippen LogP contribution in [-0.4, -0.2) is 29.4 Å². The van der Waals surface area contributed by atoms with Crippen LogP contribution in [0.1, 0.15) is 21.7 Å². The highest BCUT2D eigenvalue weighted by molar-refractivity contribution is 5.93. The van der Waals surface area contributed by atoms with Gasteiger partial charge in [-0.15, -0.1) is 0 Å². The highest BCUT2D eigenvalue weighted by atomic mass is 16.2. The van der Waals surface area contributed by atoms with Gasteiger partial charge in [0.1, 0.15) is 0 Å². The zero-order valence-electron chi connectivity index (χ0n) is 14.4. The first-order chi connectivity index (χ1) is 12.3. The second kappa shape index (κ2) is 5.19. The van der Waals surface area contributed by atoms with E-state index in [9.17, 15) is 14.4 Å². The largest absolute Gasteiger partial charge is 0.366 e. The minimum atomic E-state index is -0.519. The number of nitrogens with zero attached hydrogens (tertiary/aromatic N) is 4. The number of rotatable bonds is 2. The fraction of sp³-hybridized carbons (Fsp3) is 0.176. The Labute approximate surface area is 146 Å². The molecule has 4 aromatic rings. The van der Waals surface area contributed by atoms with E-state index in [1.807, 2.05) is 18.4 Å². The third-order valence-corrected chi connectivity index (χ3v) is 4.70. The molecule has 1 aromatic carbocycles. The zero-order valence-corrected chi connectivity index (χ0v) is 14.4. The van der Waals surface area contributed by atoms with Gasteiger partial charge in [0.2, 0.25) is 11.7 Å². The number of benzene rings is 1. The van der Waals surface area contributed by atoms with Gasteiger partial charge in [0.25, 0.3) is 5.56 Å². The van der Waals surface area contributed by atoms with E-state index in [0.717, 1.165) is 17.1 Å². The lowest BCUT2D eigenvalue weighted by atomic mass is 10.2. The van der Waals surface area contributed by atoms with E-state index in [-0.39, 0.29) is 0 Å². The van der Waals surface area contributed by atoms with E-state index < -0.39 is 17.2 Å². The second-order valence-corrected chi connectivity index (χ2v) is 6.16. The van der Waals surface area contributed by atoms with E-state index in [1.54, 1.807) is 35.7 Å². The van der Waals surface area contributed by atoms with Crippen LogP contribution in [0.25, 0.3) is 22.6 Å². The monoisotopic (exact) mass is 352 g/mol. The van der Waals surface area contributed by atoms with E-state index in [2.05, 4.69) is 9.97 Å². The molecule has 0 fully saturated rings. The van der Waals surface area contributed by atoms with Gasteiger partial charge in [-0.1, -0.05) is 0 Å². The average Bonchev–Trinajstić information content (AvgIpc) is 3.10. The maximum absolute atomic E-state index is 12.4. The molecule has 9 nitrogen and oxygen atoms in total. The Morgan fingerprint density at radius 2 is 1.77 bits per heavy atom. The number of aromatic amines is 1. The van der Waals surface area contributed by atoms with E-state index >= 15 is 0 Å². The van der Waals surface area contributed by atoms with Gasteiger partial charge < -0.3 is 5.73 Å². The van der Waals surface area contributed by atoms with Crippen molar-refractivity contribution in [3.8, 4) is 5.69 Å². The SMILES string of the molecule is Cc1c(C)n2c3c(=O)[nH]c(=O)n(C)c3nc2n1-c1ccc(C(N)=O)cc1. The summed E-state index contributed by atoms with van der Waals surface area (Å²) in [7, 11) is 1.56. The standard InChI is InChI=1S/C17H16N6O3/c1-8-9(2)23-12-14(21(3)17(26)20-15(12)25)19-16(23)22(8)11-6-4-10(5-7-11)13(18)24/h4-7H,1-3H3,(H2,18,24)(H,20,25,26). The molecule has 0 atom stereocenters. The van der Waals surface area contributed by atoms with Crippen molar-refractivity contribution in [2.45, 2.75) is 13.8 Å². The van der Waals surface area contributed by atoms with Crippen LogP contribution in [0.5, 0.6) is 0 Å². The molecule has 0 bridgehead atoms. The van der Waals surface area contributed by atoms with Crippen molar-refractivity contribution >= 4 is 22.8 Å². The van der Waals surface area contributed by atoms with Crippen molar-refractivity contribution in [3.63, 3.8) is 0 Å². The molecule has 3 aromatic heterocycles. The number of hydrogen-bond donors (Lipinski definition) is 2. The summed E-state index contributed by atoms with van der Waals surface area (Å²) < 4.78 is 4.90. The summed E-state index contributed by atoms with van der Waals surface area (Å²) in [4.78, 5) is 42.4. The Balaban J connectivity index is 2.12. The van der Waals surface area contributed by atoms with Crippen LogP contribution in [0.4, 0.5) is 0 Å². The molecular weight excluding hydrogens is 336 g/mol. The average molecular weight is 352 g/mol.